The molecule has 0 bridgehead atoms. The summed E-state index contributed by atoms with van der Waals surface area (Å²) < 4.78 is 6.37. The molecule has 1 aromatic heterocycles. The third-order valence-corrected chi connectivity index (χ3v) is 7.35. The standard InChI is InChI=1S/C22H26N2O2S/c25-21(15-23-17-6-7-17)24-11-9-22(10-12-24)18-14-20(16-4-2-1-3-5-16)27-19(18)8-13-26-22/h1-5,14,17,23H,6-13,15H2. The Kier molecular flexibility index (Phi) is 4.54. The van der Waals surface area contributed by atoms with Gasteiger partial charge in [0.05, 0.1) is 18.8 Å². The molecular weight excluding hydrogens is 356 g/mol. The van der Waals surface area contributed by atoms with Gasteiger partial charge in [-0.05, 0) is 42.9 Å². The van der Waals surface area contributed by atoms with Crippen LogP contribution in [0.2, 0.25) is 0 Å². The summed E-state index contributed by atoms with van der Waals surface area (Å²) in [5, 5.41) is 3.34. The zero-order chi connectivity index (χ0) is 18.3. The second-order valence-electron chi connectivity index (χ2n) is 7.94. The van der Waals surface area contributed by atoms with Crippen molar-refractivity contribution in [2.75, 3.05) is 26.2 Å². The molecule has 0 atom stereocenters. The minimum absolute atomic E-state index is 0.197. The summed E-state index contributed by atoms with van der Waals surface area (Å²) in [5.41, 5.74) is 2.46. The Balaban J connectivity index is 1.32. The van der Waals surface area contributed by atoms with Crippen LogP contribution in [0, 0.1) is 0 Å². The number of carbonyl (C=O) groups excluding carboxylic acids is 1. The van der Waals surface area contributed by atoms with Crippen LogP contribution in [-0.2, 0) is 21.6 Å². The van der Waals surface area contributed by atoms with Crippen LogP contribution in [0.3, 0.4) is 0 Å². The largest absolute Gasteiger partial charge is 0.370 e. The highest BCUT2D eigenvalue weighted by molar-refractivity contribution is 7.15. The van der Waals surface area contributed by atoms with Crippen molar-refractivity contribution in [2.24, 2.45) is 0 Å². The van der Waals surface area contributed by atoms with Crippen molar-refractivity contribution in [3.63, 3.8) is 0 Å². The molecule has 1 aromatic carbocycles. The third kappa shape index (κ3) is 3.44. The molecule has 1 N–H and O–H groups in total. The Hall–Kier alpha value is -1.69. The lowest BCUT2D eigenvalue weighted by Gasteiger charge is -2.44. The molecule has 2 aliphatic heterocycles. The lowest BCUT2D eigenvalue weighted by atomic mass is 9.82. The number of hydrogen-bond acceptors (Lipinski definition) is 4. The highest BCUT2D eigenvalue weighted by Gasteiger charge is 2.42. The Bertz CT molecular complexity index is 820. The lowest BCUT2D eigenvalue weighted by Crippen LogP contribution is -2.50. The van der Waals surface area contributed by atoms with E-state index in [0.717, 1.165) is 39.0 Å². The van der Waals surface area contributed by atoms with Gasteiger partial charge in [-0.2, -0.15) is 0 Å². The van der Waals surface area contributed by atoms with Crippen LogP contribution >= 0.6 is 11.3 Å². The Labute approximate surface area is 164 Å². The van der Waals surface area contributed by atoms with Crippen LogP contribution in [0.1, 0.15) is 36.1 Å². The molecule has 5 rings (SSSR count). The maximum Gasteiger partial charge on any atom is 0.236 e. The highest BCUT2D eigenvalue weighted by atomic mass is 32.1. The molecule has 0 unspecified atom stereocenters. The molecule has 5 heteroatoms. The van der Waals surface area contributed by atoms with Gasteiger partial charge in [-0.25, -0.2) is 0 Å². The molecule has 1 spiro atoms. The fourth-order valence-electron chi connectivity index (χ4n) is 4.32. The van der Waals surface area contributed by atoms with Crippen molar-refractivity contribution in [1.29, 1.82) is 0 Å². The average Bonchev–Trinajstić information content (AvgIpc) is 3.44. The molecule has 1 saturated heterocycles. The van der Waals surface area contributed by atoms with E-state index < -0.39 is 0 Å². The summed E-state index contributed by atoms with van der Waals surface area (Å²) in [4.78, 5) is 17.3. The van der Waals surface area contributed by atoms with Gasteiger partial charge in [0.1, 0.15) is 0 Å². The molecule has 142 valence electrons. The quantitative estimate of drug-likeness (QED) is 0.879. The normalized spacial score (nSPS) is 21.3. The first-order chi connectivity index (χ1) is 13.2. The number of thiophene rings is 1. The number of carbonyl (C=O) groups is 1. The van der Waals surface area contributed by atoms with E-state index in [-0.39, 0.29) is 11.5 Å². The van der Waals surface area contributed by atoms with E-state index in [0.29, 0.717) is 12.6 Å². The lowest BCUT2D eigenvalue weighted by molar-refractivity contribution is -0.139. The van der Waals surface area contributed by atoms with Gasteiger partial charge < -0.3 is 15.0 Å². The van der Waals surface area contributed by atoms with Gasteiger partial charge in [-0.1, -0.05) is 30.3 Å². The van der Waals surface area contributed by atoms with Gasteiger partial charge >= 0.3 is 0 Å². The number of piperidine rings is 1. The van der Waals surface area contributed by atoms with Crippen LogP contribution in [0.15, 0.2) is 36.4 Å². The zero-order valence-corrected chi connectivity index (χ0v) is 16.4. The van der Waals surface area contributed by atoms with E-state index in [9.17, 15) is 4.79 Å². The predicted molar refractivity (Wildman–Crippen MR) is 108 cm³/mol. The fraction of sp³-hybridized carbons (Fsp3) is 0.500. The molecule has 1 aliphatic carbocycles. The summed E-state index contributed by atoms with van der Waals surface area (Å²) in [6.07, 6.45) is 5.24. The minimum atomic E-state index is -0.197. The summed E-state index contributed by atoms with van der Waals surface area (Å²) in [6, 6.07) is 13.5. The highest BCUT2D eigenvalue weighted by Crippen LogP contribution is 2.46. The fourth-order valence-corrected chi connectivity index (χ4v) is 5.56. The van der Waals surface area contributed by atoms with Gasteiger partial charge in [0.25, 0.3) is 0 Å². The molecular formula is C22H26N2O2S. The molecule has 1 saturated carbocycles. The molecule has 27 heavy (non-hydrogen) atoms. The summed E-state index contributed by atoms with van der Waals surface area (Å²) in [6.45, 7) is 2.86. The summed E-state index contributed by atoms with van der Waals surface area (Å²) in [5.74, 6) is 0.239. The van der Waals surface area contributed by atoms with Crippen LogP contribution in [0.25, 0.3) is 10.4 Å². The smallest absolute Gasteiger partial charge is 0.236 e. The Morgan fingerprint density at radius 1 is 1.22 bits per heavy atom. The van der Waals surface area contributed by atoms with Crippen molar-refractivity contribution in [2.45, 2.75) is 43.7 Å². The maximum absolute atomic E-state index is 12.5. The number of amides is 1. The van der Waals surface area contributed by atoms with Crippen LogP contribution < -0.4 is 5.32 Å². The van der Waals surface area contributed by atoms with E-state index in [1.165, 1.54) is 33.7 Å². The average molecular weight is 383 g/mol. The van der Waals surface area contributed by atoms with Crippen LogP contribution in [0.4, 0.5) is 0 Å². The number of ether oxygens (including phenoxy) is 1. The summed E-state index contributed by atoms with van der Waals surface area (Å²) >= 11 is 1.91. The number of nitrogens with zero attached hydrogens (tertiary/aromatic N) is 1. The molecule has 3 aliphatic rings. The molecule has 2 aromatic rings. The molecule has 0 radical (unpaired) electrons. The summed E-state index contributed by atoms with van der Waals surface area (Å²) in [7, 11) is 0. The number of fused-ring (bicyclic) bond motifs is 2. The van der Waals surface area contributed by atoms with Crippen LogP contribution in [0.5, 0.6) is 0 Å². The van der Waals surface area contributed by atoms with Gasteiger partial charge in [-0.15, -0.1) is 11.3 Å². The van der Waals surface area contributed by atoms with E-state index in [4.69, 9.17) is 4.74 Å². The SMILES string of the molecule is O=C(CNC1CC1)N1CCC2(CC1)OCCc1sc(-c3ccccc3)cc12. The minimum Gasteiger partial charge on any atom is -0.370 e. The van der Waals surface area contributed by atoms with E-state index in [1.807, 2.05) is 16.2 Å². The second kappa shape index (κ2) is 7.04. The van der Waals surface area contributed by atoms with Crippen LogP contribution in [-0.4, -0.2) is 43.1 Å². The molecule has 4 nitrogen and oxygen atoms in total. The zero-order valence-electron chi connectivity index (χ0n) is 15.6. The van der Waals surface area contributed by atoms with Gasteiger partial charge in [-0.3, -0.25) is 4.79 Å². The monoisotopic (exact) mass is 382 g/mol. The molecule has 3 heterocycles. The predicted octanol–water partition coefficient (Wildman–Crippen LogP) is 3.56. The van der Waals surface area contributed by atoms with E-state index in [2.05, 4.69) is 41.7 Å². The second-order valence-corrected chi connectivity index (χ2v) is 9.08. The molecule has 2 fully saturated rings. The van der Waals surface area contributed by atoms with Gasteiger partial charge in [0.2, 0.25) is 5.91 Å². The topological polar surface area (TPSA) is 41.6 Å². The van der Waals surface area contributed by atoms with Crippen molar-refractivity contribution in [3.8, 4) is 10.4 Å². The number of rotatable bonds is 4. The van der Waals surface area contributed by atoms with Gasteiger partial charge in [0.15, 0.2) is 0 Å². The first-order valence-electron chi connectivity index (χ1n) is 10.1. The van der Waals surface area contributed by atoms with E-state index in [1.54, 1.807) is 0 Å². The molecule has 1 amide bonds. The number of nitrogens with one attached hydrogen (secondary N) is 1. The first kappa shape index (κ1) is 17.4. The Morgan fingerprint density at radius 2 is 2.00 bits per heavy atom. The van der Waals surface area contributed by atoms with Crippen molar-refractivity contribution in [3.05, 3.63) is 46.8 Å². The number of likely N-dealkylation sites (tertiary alicyclic amines) is 1. The van der Waals surface area contributed by atoms with Crippen molar-refractivity contribution >= 4 is 17.2 Å². The number of benzene rings is 1. The first-order valence-corrected chi connectivity index (χ1v) is 10.9. The Morgan fingerprint density at radius 3 is 2.74 bits per heavy atom. The van der Waals surface area contributed by atoms with Gasteiger partial charge in [0, 0.05) is 35.3 Å². The van der Waals surface area contributed by atoms with Crippen molar-refractivity contribution in [1.82, 2.24) is 10.2 Å². The third-order valence-electron chi connectivity index (χ3n) is 6.11. The number of hydrogen-bond donors (Lipinski definition) is 1. The van der Waals surface area contributed by atoms with Crippen molar-refractivity contribution < 1.29 is 9.53 Å². The maximum atomic E-state index is 12.5. The van der Waals surface area contributed by atoms with E-state index >= 15 is 0 Å².